The van der Waals surface area contributed by atoms with Gasteiger partial charge in [0, 0.05) is 22.9 Å². The minimum atomic E-state index is -3.78. The third-order valence-corrected chi connectivity index (χ3v) is 8.62. The second-order valence-corrected chi connectivity index (χ2v) is 11.0. The van der Waals surface area contributed by atoms with Crippen molar-refractivity contribution >= 4 is 32.2 Å². The number of methoxy groups -OCH3 is 1. The van der Waals surface area contributed by atoms with Gasteiger partial charge in [-0.3, -0.25) is 4.72 Å². The standard InChI is InChI=1S/C29H26N2O4S/c1-35-20-12-10-19(11-13-20)31-36(33,34)21-14-15-26-25(17-21)23-7-4-8-24(23)29(30-26)28-22-6-3-2-5-18(22)9-16-27(28)32/h2-7,9-17,23-24,29-32H,8H2,1H3. The molecule has 0 fully saturated rings. The number of sulfonamides is 1. The number of nitrogens with one attached hydrogen (secondary N) is 2. The van der Waals surface area contributed by atoms with Crippen LogP contribution in [-0.4, -0.2) is 20.6 Å². The molecule has 36 heavy (non-hydrogen) atoms. The van der Waals surface area contributed by atoms with Gasteiger partial charge in [0.15, 0.2) is 0 Å². The summed E-state index contributed by atoms with van der Waals surface area (Å²) < 4.78 is 34.2. The van der Waals surface area contributed by atoms with E-state index in [1.807, 2.05) is 36.4 Å². The maximum absolute atomic E-state index is 13.2. The second-order valence-electron chi connectivity index (χ2n) is 9.28. The van der Waals surface area contributed by atoms with Gasteiger partial charge in [-0.2, -0.15) is 0 Å². The van der Waals surface area contributed by atoms with Gasteiger partial charge in [0.2, 0.25) is 0 Å². The van der Waals surface area contributed by atoms with E-state index in [-0.39, 0.29) is 28.5 Å². The maximum atomic E-state index is 13.2. The van der Waals surface area contributed by atoms with E-state index in [1.54, 1.807) is 49.6 Å². The zero-order valence-corrected chi connectivity index (χ0v) is 20.5. The number of hydrogen-bond acceptors (Lipinski definition) is 5. The highest BCUT2D eigenvalue weighted by Crippen LogP contribution is 2.52. The molecule has 2 aliphatic rings. The van der Waals surface area contributed by atoms with Gasteiger partial charge in [-0.05, 0) is 77.2 Å². The summed E-state index contributed by atoms with van der Waals surface area (Å²) in [5.74, 6) is 1.12. The summed E-state index contributed by atoms with van der Waals surface area (Å²) in [6.07, 6.45) is 5.15. The molecule has 3 atom stereocenters. The van der Waals surface area contributed by atoms with Crippen molar-refractivity contribution in [1.29, 1.82) is 0 Å². The summed E-state index contributed by atoms with van der Waals surface area (Å²) in [5, 5.41) is 16.6. The number of fused-ring (bicyclic) bond motifs is 4. The Hall–Kier alpha value is -3.97. The lowest BCUT2D eigenvalue weighted by atomic mass is 9.76. The molecule has 1 aliphatic heterocycles. The van der Waals surface area contributed by atoms with E-state index in [1.165, 1.54) is 0 Å². The van der Waals surface area contributed by atoms with Crippen molar-refractivity contribution in [2.75, 3.05) is 17.1 Å². The fourth-order valence-corrected chi connectivity index (χ4v) is 6.60. The van der Waals surface area contributed by atoms with Crippen molar-refractivity contribution in [3.63, 3.8) is 0 Å². The smallest absolute Gasteiger partial charge is 0.261 e. The molecular formula is C29H26N2O4S. The summed E-state index contributed by atoms with van der Waals surface area (Å²) in [5.41, 5.74) is 3.18. The van der Waals surface area contributed by atoms with Gasteiger partial charge >= 0.3 is 0 Å². The lowest BCUT2D eigenvalue weighted by molar-refractivity contribution is 0.404. The summed E-state index contributed by atoms with van der Waals surface area (Å²) in [7, 11) is -2.21. The third-order valence-electron chi connectivity index (χ3n) is 7.25. The number of ether oxygens (including phenoxy) is 1. The topological polar surface area (TPSA) is 87.7 Å². The van der Waals surface area contributed by atoms with Crippen molar-refractivity contribution in [1.82, 2.24) is 0 Å². The van der Waals surface area contributed by atoms with Crippen LogP contribution >= 0.6 is 0 Å². The van der Waals surface area contributed by atoms with Gasteiger partial charge in [0.1, 0.15) is 11.5 Å². The van der Waals surface area contributed by atoms with Gasteiger partial charge in [-0.25, -0.2) is 8.42 Å². The Morgan fingerprint density at radius 1 is 1.00 bits per heavy atom. The first-order valence-electron chi connectivity index (χ1n) is 11.9. The van der Waals surface area contributed by atoms with Crippen LogP contribution in [0.2, 0.25) is 0 Å². The van der Waals surface area contributed by atoms with E-state index in [0.717, 1.165) is 34.0 Å². The molecule has 0 amide bonds. The van der Waals surface area contributed by atoms with E-state index >= 15 is 0 Å². The molecule has 0 bridgehead atoms. The zero-order chi connectivity index (χ0) is 24.9. The SMILES string of the molecule is COc1ccc(NS(=O)(=O)c2ccc3c(c2)C2C=CCC2C(c2c(O)ccc4ccccc24)N3)cc1. The molecule has 3 N–H and O–H groups in total. The van der Waals surface area contributed by atoms with Crippen LogP contribution in [0.25, 0.3) is 10.8 Å². The van der Waals surface area contributed by atoms with E-state index in [9.17, 15) is 13.5 Å². The number of phenols is 1. The quantitative estimate of drug-likeness (QED) is 0.286. The fraction of sp³-hybridized carbons (Fsp3) is 0.172. The molecule has 0 spiro atoms. The lowest BCUT2D eigenvalue weighted by Crippen LogP contribution is -2.29. The first kappa shape index (κ1) is 22.5. The van der Waals surface area contributed by atoms with Crippen LogP contribution in [0.15, 0.2) is 95.9 Å². The van der Waals surface area contributed by atoms with Crippen LogP contribution in [0.4, 0.5) is 11.4 Å². The average Bonchev–Trinajstić information content (AvgIpc) is 3.39. The molecule has 6 nitrogen and oxygen atoms in total. The Morgan fingerprint density at radius 2 is 1.81 bits per heavy atom. The number of aromatic hydroxyl groups is 1. The largest absolute Gasteiger partial charge is 0.508 e. The van der Waals surface area contributed by atoms with Crippen molar-refractivity contribution in [2.24, 2.45) is 5.92 Å². The van der Waals surface area contributed by atoms with E-state index < -0.39 is 10.0 Å². The number of phenolic OH excluding ortho intramolecular Hbond substituents is 1. The van der Waals surface area contributed by atoms with E-state index in [0.29, 0.717) is 11.4 Å². The average molecular weight is 499 g/mol. The second kappa shape index (κ2) is 8.60. The van der Waals surface area contributed by atoms with Crippen LogP contribution < -0.4 is 14.8 Å². The highest BCUT2D eigenvalue weighted by Gasteiger charge is 2.40. The maximum Gasteiger partial charge on any atom is 0.261 e. The fourth-order valence-electron chi connectivity index (χ4n) is 5.51. The number of hydrogen-bond donors (Lipinski definition) is 3. The molecular weight excluding hydrogens is 472 g/mol. The Morgan fingerprint density at radius 3 is 2.61 bits per heavy atom. The highest BCUT2D eigenvalue weighted by atomic mass is 32.2. The molecule has 0 radical (unpaired) electrons. The van der Waals surface area contributed by atoms with E-state index in [2.05, 4.69) is 22.2 Å². The van der Waals surface area contributed by atoms with Gasteiger partial charge in [0.25, 0.3) is 10.0 Å². The molecule has 4 aromatic rings. The number of benzene rings is 4. The number of allylic oxidation sites excluding steroid dienone is 2. The van der Waals surface area contributed by atoms with Crippen LogP contribution in [-0.2, 0) is 10.0 Å². The van der Waals surface area contributed by atoms with Crippen LogP contribution in [0, 0.1) is 5.92 Å². The Balaban J connectivity index is 1.37. The van der Waals surface area contributed by atoms with Crippen molar-refractivity contribution in [2.45, 2.75) is 23.3 Å². The molecule has 4 aromatic carbocycles. The Bertz CT molecular complexity index is 1600. The third kappa shape index (κ3) is 3.76. The summed E-state index contributed by atoms with van der Waals surface area (Å²) >= 11 is 0. The van der Waals surface area contributed by atoms with Crippen LogP contribution in [0.3, 0.4) is 0 Å². The predicted octanol–water partition coefficient (Wildman–Crippen LogP) is 6.18. The molecule has 1 aliphatic carbocycles. The molecule has 0 saturated carbocycles. The van der Waals surface area contributed by atoms with Gasteiger partial charge in [-0.15, -0.1) is 0 Å². The number of anilines is 2. The first-order chi connectivity index (χ1) is 17.4. The van der Waals surface area contributed by atoms with Gasteiger partial charge in [0.05, 0.1) is 18.0 Å². The van der Waals surface area contributed by atoms with Crippen molar-refractivity contribution < 1.29 is 18.3 Å². The molecule has 182 valence electrons. The minimum absolute atomic E-state index is 0.0424. The first-order valence-corrected chi connectivity index (χ1v) is 13.4. The Kier molecular flexibility index (Phi) is 5.38. The van der Waals surface area contributed by atoms with Gasteiger partial charge < -0.3 is 15.2 Å². The van der Waals surface area contributed by atoms with Crippen molar-refractivity contribution in [3.05, 3.63) is 102 Å². The normalized spacial score (nSPS) is 20.4. The summed E-state index contributed by atoms with van der Waals surface area (Å²) in [6.45, 7) is 0. The lowest BCUT2D eigenvalue weighted by Gasteiger charge is -2.38. The van der Waals surface area contributed by atoms with Crippen LogP contribution in [0.5, 0.6) is 11.5 Å². The molecule has 0 saturated heterocycles. The number of rotatable bonds is 5. The summed E-state index contributed by atoms with van der Waals surface area (Å²) in [6, 6.07) is 23.6. The van der Waals surface area contributed by atoms with Crippen molar-refractivity contribution in [3.8, 4) is 11.5 Å². The van der Waals surface area contributed by atoms with E-state index in [4.69, 9.17) is 4.74 Å². The molecule has 7 heteroatoms. The molecule has 1 heterocycles. The molecule has 6 rings (SSSR count). The molecule has 3 unspecified atom stereocenters. The molecule has 0 aromatic heterocycles. The van der Waals surface area contributed by atoms with Crippen LogP contribution in [0.1, 0.15) is 29.5 Å². The van der Waals surface area contributed by atoms with Gasteiger partial charge in [-0.1, -0.05) is 42.5 Å². The predicted molar refractivity (Wildman–Crippen MR) is 142 cm³/mol. The highest BCUT2D eigenvalue weighted by molar-refractivity contribution is 7.92. The Labute approximate surface area is 210 Å². The monoisotopic (exact) mass is 498 g/mol. The zero-order valence-electron chi connectivity index (χ0n) is 19.7. The summed E-state index contributed by atoms with van der Waals surface area (Å²) in [4.78, 5) is 0.212. The minimum Gasteiger partial charge on any atom is -0.508 e.